The van der Waals surface area contributed by atoms with Crippen molar-refractivity contribution in [2.75, 3.05) is 13.6 Å². The van der Waals surface area contributed by atoms with Gasteiger partial charge in [0.2, 0.25) is 0 Å². The predicted molar refractivity (Wildman–Crippen MR) is 101 cm³/mol. The lowest BCUT2D eigenvalue weighted by Crippen LogP contribution is -2.28. The summed E-state index contributed by atoms with van der Waals surface area (Å²) < 4.78 is 0.857. The van der Waals surface area contributed by atoms with Crippen LogP contribution in [-0.4, -0.2) is 34.4 Å². The zero-order valence-corrected chi connectivity index (χ0v) is 15.0. The van der Waals surface area contributed by atoms with Crippen LogP contribution in [-0.2, 0) is 0 Å². The molecule has 2 heterocycles. The molecule has 0 aliphatic carbocycles. The van der Waals surface area contributed by atoms with Crippen molar-refractivity contribution in [2.24, 2.45) is 0 Å². The summed E-state index contributed by atoms with van der Waals surface area (Å²) in [6, 6.07) is 12.6. The first-order valence-corrected chi connectivity index (χ1v) is 9.04. The van der Waals surface area contributed by atoms with Gasteiger partial charge in [-0.25, -0.2) is 4.98 Å². The largest absolute Gasteiger partial charge is 0.340 e. The molecule has 0 aliphatic rings. The Morgan fingerprint density at radius 2 is 1.92 bits per heavy atom. The van der Waals surface area contributed by atoms with E-state index in [0.717, 1.165) is 17.5 Å². The highest BCUT2D eigenvalue weighted by Gasteiger charge is 2.15. The summed E-state index contributed by atoms with van der Waals surface area (Å²) in [6.07, 6.45) is 1.98. The molecule has 0 aliphatic heterocycles. The van der Waals surface area contributed by atoms with E-state index in [1.165, 1.54) is 11.3 Å². The molecule has 3 rings (SSSR count). The maximum absolute atomic E-state index is 12.5. The van der Waals surface area contributed by atoms with Crippen molar-refractivity contribution in [1.29, 1.82) is 0 Å². The van der Waals surface area contributed by atoms with Crippen molar-refractivity contribution in [3.05, 3.63) is 58.5 Å². The van der Waals surface area contributed by atoms with Crippen molar-refractivity contribution in [3.63, 3.8) is 0 Å². The van der Waals surface area contributed by atoms with Crippen LogP contribution < -0.4 is 5.56 Å². The summed E-state index contributed by atoms with van der Waals surface area (Å²) in [5, 5.41) is 1.12. The van der Waals surface area contributed by atoms with E-state index in [2.05, 4.69) is 16.9 Å². The first-order valence-electron chi connectivity index (χ1n) is 8.23. The molecule has 3 aromatic rings. The summed E-state index contributed by atoms with van der Waals surface area (Å²) in [4.78, 5) is 35.0. The first-order chi connectivity index (χ1) is 12.1. The van der Waals surface area contributed by atoms with E-state index >= 15 is 0 Å². The lowest BCUT2D eigenvalue weighted by molar-refractivity contribution is 0.0787. The Balaban J connectivity index is 1.97. The van der Waals surface area contributed by atoms with Crippen molar-refractivity contribution in [1.82, 2.24) is 14.9 Å². The molecule has 0 saturated carbocycles. The minimum absolute atomic E-state index is 0.122. The Morgan fingerprint density at radius 3 is 2.72 bits per heavy atom. The third-order valence-corrected chi connectivity index (χ3v) is 4.98. The van der Waals surface area contributed by atoms with Crippen LogP contribution in [0.1, 0.15) is 30.3 Å². The molecule has 2 aromatic heterocycles. The van der Waals surface area contributed by atoms with Crippen molar-refractivity contribution in [3.8, 4) is 10.7 Å². The second-order valence-electron chi connectivity index (χ2n) is 5.81. The molecule has 6 heteroatoms. The number of rotatable bonds is 5. The van der Waals surface area contributed by atoms with Gasteiger partial charge in [0.1, 0.15) is 10.7 Å². The molecule has 1 aromatic carbocycles. The zero-order chi connectivity index (χ0) is 17.8. The molecule has 0 radical (unpaired) electrons. The maximum Gasteiger partial charge on any atom is 0.279 e. The quantitative estimate of drug-likeness (QED) is 0.703. The van der Waals surface area contributed by atoms with Gasteiger partial charge < -0.3 is 4.90 Å². The van der Waals surface area contributed by atoms with Gasteiger partial charge in [-0.05, 0) is 30.7 Å². The Kier molecular flexibility index (Phi) is 5.19. The molecule has 0 spiro atoms. The number of hydrogen-bond acceptors (Lipinski definition) is 5. The zero-order valence-electron chi connectivity index (χ0n) is 14.2. The number of nitrogens with zero attached hydrogens (tertiary/aromatic N) is 3. The van der Waals surface area contributed by atoms with Gasteiger partial charge in [0.25, 0.3) is 11.5 Å². The second kappa shape index (κ2) is 7.53. The van der Waals surface area contributed by atoms with Crippen LogP contribution in [0.3, 0.4) is 0 Å². The third kappa shape index (κ3) is 3.74. The number of pyridine rings is 1. The summed E-state index contributed by atoms with van der Waals surface area (Å²) in [7, 11) is 1.78. The fourth-order valence-corrected chi connectivity index (χ4v) is 3.45. The first kappa shape index (κ1) is 17.2. The molecule has 1 amide bonds. The summed E-state index contributed by atoms with van der Waals surface area (Å²) in [6.45, 7) is 2.79. The Morgan fingerprint density at radius 1 is 1.12 bits per heavy atom. The molecule has 0 atom stereocenters. The van der Waals surface area contributed by atoms with Crippen LogP contribution in [0.15, 0.2) is 47.3 Å². The molecular weight excluding hydrogens is 334 g/mol. The highest BCUT2D eigenvalue weighted by atomic mass is 32.1. The average Bonchev–Trinajstić information content (AvgIpc) is 2.65. The molecule has 0 unspecified atom stereocenters. The minimum atomic E-state index is -0.275. The molecule has 0 saturated heterocycles. The van der Waals surface area contributed by atoms with E-state index in [1.54, 1.807) is 36.2 Å². The monoisotopic (exact) mass is 353 g/mol. The minimum Gasteiger partial charge on any atom is -0.340 e. The fraction of sp³-hybridized carbons (Fsp3) is 0.263. The third-order valence-electron chi connectivity index (χ3n) is 3.91. The van der Waals surface area contributed by atoms with Gasteiger partial charge in [0.05, 0.1) is 11.1 Å². The van der Waals surface area contributed by atoms with E-state index in [4.69, 9.17) is 0 Å². The molecule has 25 heavy (non-hydrogen) atoms. The number of benzene rings is 1. The number of hydrogen-bond donors (Lipinski definition) is 0. The SMILES string of the molecule is CCCCN(C)C(=O)c1cccc(-c2nc(=O)c3ccccc3s2)n1. The van der Waals surface area contributed by atoms with E-state index < -0.39 is 0 Å². The molecule has 5 nitrogen and oxygen atoms in total. The Hall–Kier alpha value is -2.60. The van der Waals surface area contributed by atoms with E-state index in [0.29, 0.717) is 28.3 Å². The van der Waals surface area contributed by atoms with Gasteiger partial charge in [-0.1, -0.05) is 31.5 Å². The number of fused-ring (bicyclic) bond motifs is 1. The predicted octanol–water partition coefficient (Wildman–Crippen LogP) is 3.59. The van der Waals surface area contributed by atoms with Gasteiger partial charge >= 0.3 is 0 Å². The van der Waals surface area contributed by atoms with Crippen molar-refractivity contribution < 1.29 is 4.79 Å². The maximum atomic E-state index is 12.5. The van der Waals surface area contributed by atoms with Crippen LogP contribution in [0.5, 0.6) is 0 Å². The molecule has 128 valence electrons. The second-order valence-corrected chi connectivity index (χ2v) is 6.84. The van der Waals surface area contributed by atoms with Crippen LogP contribution in [0.2, 0.25) is 0 Å². The van der Waals surface area contributed by atoms with Crippen LogP contribution in [0.4, 0.5) is 0 Å². The number of amides is 1. The van der Waals surface area contributed by atoms with Gasteiger partial charge in [-0.3, -0.25) is 9.59 Å². The highest BCUT2D eigenvalue weighted by molar-refractivity contribution is 7.21. The Bertz CT molecular complexity index is 968. The number of carbonyl (C=O) groups excluding carboxylic acids is 1. The van der Waals surface area contributed by atoms with Crippen LogP contribution in [0.25, 0.3) is 20.8 Å². The van der Waals surface area contributed by atoms with E-state index in [-0.39, 0.29) is 11.5 Å². The van der Waals surface area contributed by atoms with Crippen molar-refractivity contribution in [2.45, 2.75) is 19.8 Å². The fourth-order valence-electron chi connectivity index (χ4n) is 2.49. The van der Waals surface area contributed by atoms with Crippen molar-refractivity contribution >= 4 is 27.3 Å². The highest BCUT2D eigenvalue weighted by Crippen LogP contribution is 2.24. The molecular formula is C19H19N3O2S. The van der Waals surface area contributed by atoms with Gasteiger partial charge in [-0.2, -0.15) is 4.98 Å². The molecule has 0 bridgehead atoms. The average molecular weight is 353 g/mol. The van der Waals surface area contributed by atoms with Crippen LogP contribution >= 0.6 is 11.3 Å². The van der Waals surface area contributed by atoms with Gasteiger partial charge in [0, 0.05) is 18.3 Å². The summed E-state index contributed by atoms with van der Waals surface area (Å²) >= 11 is 1.40. The van der Waals surface area contributed by atoms with Gasteiger partial charge in [-0.15, -0.1) is 11.3 Å². The lowest BCUT2D eigenvalue weighted by Gasteiger charge is -2.16. The Labute approximate surface area is 150 Å². The summed E-state index contributed by atoms with van der Waals surface area (Å²) in [5.74, 6) is -0.122. The lowest BCUT2D eigenvalue weighted by atomic mass is 10.2. The smallest absolute Gasteiger partial charge is 0.279 e. The standard InChI is InChI=1S/C19H19N3O2S/c1-3-4-12-22(2)19(24)15-10-7-9-14(20-15)18-21-17(23)13-8-5-6-11-16(13)25-18/h5-11H,3-4,12H2,1-2H3. The van der Waals surface area contributed by atoms with Crippen LogP contribution in [0, 0.1) is 0 Å². The summed E-state index contributed by atoms with van der Waals surface area (Å²) in [5.41, 5.74) is 0.635. The van der Waals surface area contributed by atoms with E-state index in [1.807, 2.05) is 18.2 Å². The molecule has 0 fully saturated rings. The number of aromatic nitrogens is 2. The topological polar surface area (TPSA) is 63.2 Å². The van der Waals surface area contributed by atoms with E-state index in [9.17, 15) is 9.59 Å². The number of unbranched alkanes of at least 4 members (excludes halogenated alkanes) is 1. The molecule has 0 N–H and O–H groups in total. The van der Waals surface area contributed by atoms with Gasteiger partial charge in [0.15, 0.2) is 0 Å². The number of carbonyl (C=O) groups is 1. The normalized spacial score (nSPS) is 10.8.